The quantitative estimate of drug-likeness (QED) is 0.727. The minimum atomic E-state index is -1.05. The maximum absolute atomic E-state index is 12.7. The van der Waals surface area contributed by atoms with E-state index in [1.54, 1.807) is 9.36 Å². The lowest BCUT2D eigenvalue weighted by Crippen LogP contribution is -2.35. The van der Waals surface area contributed by atoms with Gasteiger partial charge >= 0.3 is 5.97 Å². The first-order valence-electron chi connectivity index (χ1n) is 10.7. The first-order chi connectivity index (χ1) is 13.2. The molecule has 1 N–H and O–H groups in total. The number of aromatic nitrogens is 4. The number of hydrogen-bond acceptors (Lipinski definition) is 3. The summed E-state index contributed by atoms with van der Waals surface area (Å²) in [6.07, 6.45) is -1.05. The van der Waals surface area contributed by atoms with Gasteiger partial charge in [0, 0.05) is 33.0 Å². The smallest absolute Gasteiger partial charge is 0.351 e. The number of rotatable bonds is 3. The molecule has 0 aromatic carbocycles. The third-order valence-electron chi connectivity index (χ3n) is 5.23. The zero-order chi connectivity index (χ0) is 23.4. The second-order valence-corrected chi connectivity index (χ2v) is 12.4. The van der Waals surface area contributed by atoms with Crippen molar-refractivity contribution in [3.63, 3.8) is 0 Å². The average Bonchev–Trinajstić information content (AvgIpc) is 3.09. The summed E-state index contributed by atoms with van der Waals surface area (Å²) in [4.78, 5) is 12.7. The maximum Gasteiger partial charge on any atom is 0.351 e. The lowest BCUT2D eigenvalue weighted by atomic mass is 9.87. The van der Waals surface area contributed by atoms with Crippen LogP contribution >= 0.6 is 0 Å². The summed E-state index contributed by atoms with van der Waals surface area (Å²) in [7, 11) is 0. The molecule has 0 fully saturated rings. The summed E-state index contributed by atoms with van der Waals surface area (Å²) in [5.41, 5.74) is 2.58. The van der Waals surface area contributed by atoms with Gasteiger partial charge < -0.3 is 5.11 Å². The van der Waals surface area contributed by atoms with Gasteiger partial charge in [0.2, 0.25) is 6.17 Å². The predicted octanol–water partition coefficient (Wildman–Crippen LogP) is 5.40. The molecule has 0 amide bonds. The second-order valence-electron chi connectivity index (χ2n) is 12.4. The first kappa shape index (κ1) is 24.2. The molecule has 0 aliphatic heterocycles. The van der Waals surface area contributed by atoms with Crippen LogP contribution in [0.4, 0.5) is 0 Å². The molecule has 0 saturated heterocycles. The Morgan fingerprint density at radius 1 is 0.700 bits per heavy atom. The number of hydrogen-bond donors (Lipinski definition) is 1. The van der Waals surface area contributed by atoms with E-state index in [9.17, 15) is 9.90 Å². The summed E-state index contributed by atoms with van der Waals surface area (Å²) in [6.45, 7) is 25.0. The van der Waals surface area contributed by atoms with E-state index in [2.05, 4.69) is 83.1 Å². The fourth-order valence-corrected chi connectivity index (χ4v) is 3.33. The topological polar surface area (TPSA) is 72.9 Å². The molecule has 0 atom stereocenters. The van der Waals surface area contributed by atoms with Crippen LogP contribution in [0, 0.1) is 0 Å². The highest BCUT2D eigenvalue weighted by molar-refractivity contribution is 5.72. The molecular formula is C24H40N4O2. The molecule has 30 heavy (non-hydrogen) atoms. The van der Waals surface area contributed by atoms with E-state index in [4.69, 9.17) is 10.2 Å². The fraction of sp³-hybridized carbons (Fsp3) is 0.708. The largest absolute Gasteiger partial charge is 0.478 e. The van der Waals surface area contributed by atoms with Gasteiger partial charge in [-0.1, -0.05) is 83.1 Å². The Labute approximate surface area is 181 Å². The molecule has 2 heterocycles. The second kappa shape index (κ2) is 7.24. The van der Waals surface area contributed by atoms with E-state index in [1.807, 2.05) is 12.1 Å². The number of carbonyl (C=O) groups is 1. The molecule has 2 aromatic rings. The van der Waals surface area contributed by atoms with Crippen LogP contribution in [0.2, 0.25) is 0 Å². The monoisotopic (exact) mass is 416 g/mol. The number of aliphatic carboxylic acids is 1. The summed E-state index contributed by atoms with van der Waals surface area (Å²) in [6, 6.07) is 4.09. The Bertz CT molecular complexity index is 852. The standard InChI is InChI=1S/C24H40N4O2/c1-21(2,3)15-13-17(23(7,8)9)27(25-15)19(20(29)30)28-18(24(10,11)12)14-16(26-28)22(4,5)6/h13-14,19H,1-12H3,(H,29,30). The molecule has 2 aromatic heterocycles. The van der Waals surface area contributed by atoms with Gasteiger partial charge in [0.05, 0.1) is 11.4 Å². The minimum Gasteiger partial charge on any atom is -0.478 e. The van der Waals surface area contributed by atoms with Crippen LogP contribution in [0.15, 0.2) is 12.1 Å². The van der Waals surface area contributed by atoms with Crippen LogP contribution in [0.5, 0.6) is 0 Å². The highest BCUT2D eigenvalue weighted by atomic mass is 16.4. The van der Waals surface area contributed by atoms with Gasteiger partial charge in [-0.05, 0) is 12.1 Å². The molecule has 0 unspecified atom stereocenters. The summed E-state index contributed by atoms with van der Waals surface area (Å²) in [5.74, 6) is -0.974. The Morgan fingerprint density at radius 3 is 1.20 bits per heavy atom. The van der Waals surface area contributed by atoms with Crippen molar-refractivity contribution < 1.29 is 9.90 Å². The van der Waals surface area contributed by atoms with Gasteiger partial charge in [0.15, 0.2) is 0 Å². The average molecular weight is 417 g/mol. The van der Waals surface area contributed by atoms with Crippen molar-refractivity contribution in [2.75, 3.05) is 0 Å². The Balaban J connectivity index is 2.87. The van der Waals surface area contributed by atoms with Gasteiger partial charge in [-0.3, -0.25) is 0 Å². The molecule has 2 rings (SSSR count). The van der Waals surface area contributed by atoms with Gasteiger partial charge in [0.25, 0.3) is 0 Å². The van der Waals surface area contributed by atoms with Gasteiger partial charge in [0.1, 0.15) is 0 Å². The van der Waals surface area contributed by atoms with Crippen molar-refractivity contribution in [1.29, 1.82) is 0 Å². The minimum absolute atomic E-state index is 0.193. The van der Waals surface area contributed by atoms with Crippen LogP contribution in [-0.4, -0.2) is 30.6 Å². The number of carboxylic acid groups (broad SMARTS) is 1. The third kappa shape index (κ3) is 4.79. The molecule has 0 radical (unpaired) electrons. The fourth-order valence-electron chi connectivity index (χ4n) is 3.33. The Hall–Kier alpha value is -2.11. The molecule has 0 saturated carbocycles. The van der Waals surface area contributed by atoms with Crippen molar-refractivity contribution in [3.05, 3.63) is 34.9 Å². The van der Waals surface area contributed by atoms with E-state index in [0.717, 1.165) is 22.8 Å². The van der Waals surface area contributed by atoms with Crippen LogP contribution < -0.4 is 0 Å². The molecule has 0 bridgehead atoms. The SMILES string of the molecule is CC(C)(C)c1cc(C(C)(C)C)n(C(C(=O)O)n2nc(C(C)(C)C)cc2C(C)(C)C)n1. The molecular weight excluding hydrogens is 376 g/mol. The highest BCUT2D eigenvalue weighted by Crippen LogP contribution is 2.34. The predicted molar refractivity (Wildman–Crippen MR) is 121 cm³/mol. The summed E-state index contributed by atoms with van der Waals surface area (Å²) < 4.78 is 3.33. The Kier molecular flexibility index (Phi) is 5.83. The third-order valence-corrected chi connectivity index (χ3v) is 5.23. The van der Waals surface area contributed by atoms with Gasteiger partial charge in [-0.15, -0.1) is 0 Å². The molecule has 0 aliphatic carbocycles. The van der Waals surface area contributed by atoms with Crippen LogP contribution in [0.25, 0.3) is 0 Å². The first-order valence-corrected chi connectivity index (χ1v) is 10.7. The van der Waals surface area contributed by atoms with Crippen molar-refractivity contribution in [2.24, 2.45) is 0 Å². The van der Waals surface area contributed by atoms with Crippen LogP contribution in [0.3, 0.4) is 0 Å². The van der Waals surface area contributed by atoms with Gasteiger partial charge in [-0.25, -0.2) is 14.2 Å². The molecule has 0 aliphatic rings. The van der Waals surface area contributed by atoms with Crippen LogP contribution in [0.1, 0.15) is 112 Å². The summed E-state index contributed by atoms with van der Waals surface area (Å²) >= 11 is 0. The zero-order valence-electron chi connectivity index (χ0n) is 20.9. The van der Waals surface area contributed by atoms with Crippen molar-refractivity contribution in [3.8, 4) is 0 Å². The molecule has 6 nitrogen and oxygen atoms in total. The van der Waals surface area contributed by atoms with E-state index in [0.29, 0.717) is 0 Å². The zero-order valence-corrected chi connectivity index (χ0v) is 20.9. The number of carboxylic acids is 1. The van der Waals surface area contributed by atoms with E-state index in [-0.39, 0.29) is 21.7 Å². The normalized spacial score (nSPS) is 13.9. The highest BCUT2D eigenvalue weighted by Gasteiger charge is 2.37. The van der Waals surface area contributed by atoms with E-state index in [1.165, 1.54) is 0 Å². The van der Waals surface area contributed by atoms with Crippen molar-refractivity contribution >= 4 is 5.97 Å². The Morgan fingerprint density at radius 2 is 1.00 bits per heavy atom. The summed E-state index contributed by atoms with van der Waals surface area (Å²) in [5, 5.41) is 20.0. The van der Waals surface area contributed by atoms with Crippen molar-refractivity contribution in [1.82, 2.24) is 19.6 Å². The maximum atomic E-state index is 12.7. The molecule has 0 spiro atoms. The number of nitrogens with zero attached hydrogens (tertiary/aromatic N) is 4. The van der Waals surface area contributed by atoms with Crippen LogP contribution in [-0.2, 0) is 26.5 Å². The lowest BCUT2D eigenvalue weighted by molar-refractivity contribution is -0.142. The molecule has 6 heteroatoms. The lowest BCUT2D eigenvalue weighted by Gasteiger charge is -2.27. The van der Waals surface area contributed by atoms with E-state index < -0.39 is 12.1 Å². The molecule has 168 valence electrons. The van der Waals surface area contributed by atoms with E-state index >= 15 is 0 Å². The van der Waals surface area contributed by atoms with Gasteiger partial charge in [-0.2, -0.15) is 10.2 Å². The van der Waals surface area contributed by atoms with Crippen molar-refractivity contribution in [2.45, 2.75) is 111 Å².